The standard InChI is InChI=1S/C26H26N2O2S2/c29-23-21(15-7-5-13-27-17-9-1-3-11-19(17)31-25(15)27)24(30)22(23)16-8-6-14-28-18-10-2-4-12-20(18)32-26(16)28/h1-4,9-12,21-24,29-30H,5-8,13-14H2. The van der Waals surface area contributed by atoms with Crippen LogP contribution >= 0.6 is 23.5 Å². The van der Waals surface area contributed by atoms with Crippen molar-refractivity contribution in [1.29, 1.82) is 0 Å². The lowest BCUT2D eigenvalue weighted by Gasteiger charge is -2.51. The van der Waals surface area contributed by atoms with Gasteiger partial charge in [0.15, 0.2) is 0 Å². The minimum atomic E-state index is -0.511. The van der Waals surface area contributed by atoms with Crippen molar-refractivity contribution in [2.75, 3.05) is 22.9 Å². The van der Waals surface area contributed by atoms with Crippen LogP contribution in [0.4, 0.5) is 11.4 Å². The minimum absolute atomic E-state index is 0.156. The predicted octanol–water partition coefficient (Wildman–Crippen LogP) is 5.19. The zero-order valence-corrected chi connectivity index (χ0v) is 19.4. The van der Waals surface area contributed by atoms with E-state index in [0.717, 1.165) is 38.8 Å². The fourth-order valence-corrected chi connectivity index (χ4v) is 8.82. The lowest BCUT2D eigenvalue weighted by Crippen LogP contribution is -2.58. The molecule has 4 aliphatic heterocycles. The van der Waals surface area contributed by atoms with Crippen LogP contribution in [-0.4, -0.2) is 35.5 Å². The van der Waals surface area contributed by atoms with E-state index in [9.17, 15) is 10.2 Å². The second kappa shape index (κ2) is 7.32. The molecule has 0 aromatic heterocycles. The van der Waals surface area contributed by atoms with Crippen LogP contribution in [0.5, 0.6) is 0 Å². The van der Waals surface area contributed by atoms with E-state index in [2.05, 4.69) is 58.3 Å². The molecule has 0 spiro atoms. The van der Waals surface area contributed by atoms with Gasteiger partial charge in [0, 0.05) is 34.7 Å². The summed E-state index contributed by atoms with van der Waals surface area (Å²) >= 11 is 3.63. The fraction of sp³-hybridized carbons (Fsp3) is 0.385. The van der Waals surface area contributed by atoms with Crippen molar-refractivity contribution in [2.24, 2.45) is 11.8 Å². The van der Waals surface area contributed by atoms with Crippen molar-refractivity contribution in [2.45, 2.75) is 47.7 Å². The van der Waals surface area contributed by atoms with Crippen LogP contribution in [0.2, 0.25) is 0 Å². The molecule has 0 amide bonds. The van der Waals surface area contributed by atoms with E-state index < -0.39 is 12.2 Å². The van der Waals surface area contributed by atoms with Gasteiger partial charge < -0.3 is 20.0 Å². The third-order valence-corrected chi connectivity index (χ3v) is 10.2. The summed E-state index contributed by atoms with van der Waals surface area (Å²) in [7, 11) is 0. The Balaban J connectivity index is 1.22. The van der Waals surface area contributed by atoms with E-state index in [1.807, 2.05) is 23.5 Å². The highest BCUT2D eigenvalue weighted by molar-refractivity contribution is 8.04. The zero-order chi connectivity index (χ0) is 21.4. The van der Waals surface area contributed by atoms with Crippen molar-refractivity contribution in [3.05, 3.63) is 69.7 Å². The number of hydrogen-bond donors (Lipinski definition) is 2. The van der Waals surface area contributed by atoms with Gasteiger partial charge in [0.25, 0.3) is 0 Å². The second-order valence-electron chi connectivity index (χ2n) is 9.34. The normalized spacial score (nSPS) is 30.7. The molecule has 6 heteroatoms. The maximum atomic E-state index is 11.4. The first-order valence-corrected chi connectivity index (χ1v) is 13.3. The number of nitrogens with zero attached hydrogens (tertiary/aromatic N) is 2. The molecule has 0 atom stereocenters. The SMILES string of the molecule is OC1C(C2=C3Sc4ccccc4N3CCC2)C(O)C1C1=C2Sc3ccccc3N2CCC1. The van der Waals surface area contributed by atoms with Gasteiger partial charge >= 0.3 is 0 Å². The quantitative estimate of drug-likeness (QED) is 0.641. The summed E-state index contributed by atoms with van der Waals surface area (Å²) < 4.78 is 0. The molecule has 1 saturated carbocycles. The number of thioether (sulfide) groups is 2. The molecule has 1 fully saturated rings. The largest absolute Gasteiger partial charge is 0.392 e. The molecule has 2 aromatic carbocycles. The molecular weight excluding hydrogens is 436 g/mol. The van der Waals surface area contributed by atoms with Crippen LogP contribution < -0.4 is 9.80 Å². The van der Waals surface area contributed by atoms with Gasteiger partial charge in [-0.3, -0.25) is 0 Å². The maximum Gasteiger partial charge on any atom is 0.0798 e. The monoisotopic (exact) mass is 462 g/mol. The Morgan fingerprint density at radius 1 is 0.656 bits per heavy atom. The molecule has 0 radical (unpaired) electrons. The van der Waals surface area contributed by atoms with Gasteiger partial charge in [-0.2, -0.15) is 0 Å². The van der Waals surface area contributed by atoms with Gasteiger partial charge in [0.2, 0.25) is 0 Å². The maximum absolute atomic E-state index is 11.4. The molecule has 7 rings (SSSR count). The summed E-state index contributed by atoms with van der Waals surface area (Å²) in [6.07, 6.45) is 3.06. The minimum Gasteiger partial charge on any atom is -0.392 e. The first-order chi connectivity index (χ1) is 15.7. The first kappa shape index (κ1) is 19.6. The average molecular weight is 463 g/mol. The smallest absolute Gasteiger partial charge is 0.0798 e. The Kier molecular flexibility index (Phi) is 4.48. The van der Waals surface area contributed by atoms with E-state index in [1.165, 1.54) is 42.4 Å². The van der Waals surface area contributed by atoms with E-state index >= 15 is 0 Å². The van der Waals surface area contributed by atoms with E-state index in [-0.39, 0.29) is 11.8 Å². The number of rotatable bonds is 2. The summed E-state index contributed by atoms with van der Waals surface area (Å²) in [6, 6.07) is 17.1. The summed E-state index contributed by atoms with van der Waals surface area (Å²) in [5.74, 6) is -0.311. The first-order valence-electron chi connectivity index (χ1n) is 11.6. The molecule has 0 unspecified atom stereocenters. The number of hydrogen-bond acceptors (Lipinski definition) is 6. The third-order valence-electron chi connectivity index (χ3n) is 7.70. The van der Waals surface area contributed by atoms with Gasteiger partial charge in [-0.25, -0.2) is 0 Å². The highest BCUT2D eigenvalue weighted by atomic mass is 32.2. The second-order valence-corrected chi connectivity index (χ2v) is 11.4. The molecule has 4 nitrogen and oxygen atoms in total. The number of aliphatic hydroxyl groups is 2. The molecule has 164 valence electrons. The van der Waals surface area contributed by atoms with Crippen LogP contribution in [0.3, 0.4) is 0 Å². The van der Waals surface area contributed by atoms with Gasteiger partial charge in [0.1, 0.15) is 0 Å². The van der Waals surface area contributed by atoms with Gasteiger partial charge in [-0.1, -0.05) is 47.8 Å². The lowest BCUT2D eigenvalue weighted by molar-refractivity contribution is -0.122. The third kappa shape index (κ3) is 2.67. The molecule has 4 heterocycles. The Hall–Kier alpha value is -1.86. The van der Waals surface area contributed by atoms with E-state index in [4.69, 9.17) is 0 Å². The number of aliphatic hydroxyl groups excluding tert-OH is 2. The van der Waals surface area contributed by atoms with Crippen molar-refractivity contribution in [1.82, 2.24) is 0 Å². The van der Waals surface area contributed by atoms with Crippen LogP contribution in [0, 0.1) is 11.8 Å². The van der Waals surface area contributed by atoms with Gasteiger partial charge in [0.05, 0.1) is 33.6 Å². The van der Waals surface area contributed by atoms with Crippen LogP contribution in [0.25, 0.3) is 0 Å². The molecule has 1 aliphatic carbocycles. The topological polar surface area (TPSA) is 46.9 Å². The molecule has 2 N–H and O–H groups in total. The number of fused-ring (bicyclic) bond motifs is 6. The van der Waals surface area contributed by atoms with Crippen molar-refractivity contribution in [3.63, 3.8) is 0 Å². The van der Waals surface area contributed by atoms with Crippen LogP contribution in [0.1, 0.15) is 25.7 Å². The molecule has 32 heavy (non-hydrogen) atoms. The van der Waals surface area contributed by atoms with Crippen molar-refractivity contribution < 1.29 is 10.2 Å². The Morgan fingerprint density at radius 3 is 1.56 bits per heavy atom. The van der Waals surface area contributed by atoms with Gasteiger partial charge in [-0.05, 0) is 61.1 Å². The molecule has 0 saturated heterocycles. The zero-order valence-electron chi connectivity index (χ0n) is 17.8. The average Bonchev–Trinajstić information content (AvgIpc) is 3.39. The Labute approximate surface area is 197 Å². The van der Waals surface area contributed by atoms with Crippen LogP contribution in [-0.2, 0) is 0 Å². The lowest BCUT2D eigenvalue weighted by atomic mass is 9.61. The predicted molar refractivity (Wildman–Crippen MR) is 131 cm³/mol. The molecular formula is C26H26N2O2S2. The number of benzene rings is 2. The molecule has 2 aromatic rings. The highest BCUT2D eigenvalue weighted by Gasteiger charge is 2.55. The number of para-hydroxylation sites is 2. The van der Waals surface area contributed by atoms with Crippen molar-refractivity contribution >= 4 is 34.9 Å². The summed E-state index contributed by atoms with van der Waals surface area (Å²) in [5.41, 5.74) is 5.07. The molecule has 0 bridgehead atoms. The van der Waals surface area contributed by atoms with Gasteiger partial charge in [-0.15, -0.1) is 0 Å². The summed E-state index contributed by atoms with van der Waals surface area (Å²) in [5, 5.41) is 25.4. The van der Waals surface area contributed by atoms with E-state index in [1.54, 1.807) is 0 Å². The Morgan fingerprint density at radius 2 is 1.09 bits per heavy atom. The van der Waals surface area contributed by atoms with E-state index in [0.29, 0.717) is 0 Å². The molecule has 5 aliphatic rings. The van der Waals surface area contributed by atoms with Crippen molar-refractivity contribution in [3.8, 4) is 0 Å². The summed E-state index contributed by atoms with van der Waals surface area (Å²) in [6.45, 7) is 2.04. The fourth-order valence-electron chi connectivity index (χ4n) is 6.21. The highest BCUT2D eigenvalue weighted by Crippen LogP contribution is 2.57. The summed E-state index contributed by atoms with van der Waals surface area (Å²) in [4.78, 5) is 7.38. The Bertz CT molecular complexity index is 1080. The van der Waals surface area contributed by atoms with Crippen LogP contribution in [0.15, 0.2) is 79.5 Å². The number of anilines is 2.